The third kappa shape index (κ3) is 4.74. The van der Waals surface area contributed by atoms with Gasteiger partial charge in [0.05, 0.1) is 5.69 Å². The lowest BCUT2D eigenvalue weighted by atomic mass is 10.1. The molecule has 2 heterocycles. The van der Waals surface area contributed by atoms with Crippen LogP contribution in [0.15, 0.2) is 6.07 Å². The van der Waals surface area contributed by atoms with Crippen LogP contribution in [0.5, 0.6) is 0 Å². The summed E-state index contributed by atoms with van der Waals surface area (Å²) in [6.45, 7) is 3.33. The van der Waals surface area contributed by atoms with Crippen molar-refractivity contribution in [3.63, 3.8) is 0 Å². The van der Waals surface area contributed by atoms with Gasteiger partial charge in [-0.3, -0.25) is 4.79 Å². The quantitative estimate of drug-likeness (QED) is 0.661. The van der Waals surface area contributed by atoms with Crippen molar-refractivity contribution in [1.29, 1.82) is 5.26 Å². The van der Waals surface area contributed by atoms with Crippen LogP contribution in [0.2, 0.25) is 0 Å². The molecule has 0 saturated heterocycles. The summed E-state index contributed by atoms with van der Waals surface area (Å²) in [6.07, 6.45) is 1.10. The van der Waals surface area contributed by atoms with Gasteiger partial charge in [-0.1, -0.05) is 0 Å². The molecular formula is C16H19N5O4. The van der Waals surface area contributed by atoms with Crippen LogP contribution in [0.1, 0.15) is 29.1 Å². The Hall–Kier alpha value is -2.99. The van der Waals surface area contributed by atoms with Crippen molar-refractivity contribution in [3.05, 3.63) is 28.7 Å². The molecular weight excluding hydrogens is 326 g/mol. The molecule has 0 atom stereocenters. The van der Waals surface area contributed by atoms with Crippen molar-refractivity contribution >= 4 is 17.5 Å². The molecule has 0 aliphatic carbocycles. The smallest absolute Gasteiger partial charge is 0.329 e. The highest BCUT2D eigenvalue weighted by Gasteiger charge is 2.15. The highest BCUT2D eigenvalue weighted by atomic mass is 16.5. The number of ether oxygens (including phenoxy) is 1. The van der Waals surface area contributed by atoms with Gasteiger partial charge in [-0.25, -0.2) is 14.3 Å². The van der Waals surface area contributed by atoms with Gasteiger partial charge >= 0.3 is 5.97 Å². The summed E-state index contributed by atoms with van der Waals surface area (Å²) < 4.78 is 6.35. The van der Waals surface area contributed by atoms with E-state index < -0.39 is 12.6 Å². The second-order valence-electron chi connectivity index (χ2n) is 5.55. The minimum Gasteiger partial charge on any atom is -0.480 e. The van der Waals surface area contributed by atoms with E-state index in [0.717, 1.165) is 11.4 Å². The van der Waals surface area contributed by atoms with Crippen LogP contribution in [-0.4, -0.2) is 51.3 Å². The maximum Gasteiger partial charge on any atom is 0.329 e. The average molecular weight is 345 g/mol. The Kier molecular flexibility index (Phi) is 6.03. The van der Waals surface area contributed by atoms with Gasteiger partial charge in [0.1, 0.15) is 24.8 Å². The highest BCUT2D eigenvalue weighted by Crippen LogP contribution is 2.16. The summed E-state index contributed by atoms with van der Waals surface area (Å²) in [6, 6.07) is 4.04. The molecule has 0 fully saturated rings. The minimum absolute atomic E-state index is 0.299. The summed E-state index contributed by atoms with van der Waals surface area (Å²) in [7, 11) is 0. The largest absolute Gasteiger partial charge is 0.480 e. The first-order valence-electron chi connectivity index (χ1n) is 7.74. The number of nitrogens with zero attached hydrogens (tertiary/aromatic N) is 4. The summed E-state index contributed by atoms with van der Waals surface area (Å²) in [5.74, 6) is -1.51. The van der Waals surface area contributed by atoms with Crippen LogP contribution >= 0.6 is 0 Å². The molecule has 2 N–H and O–H groups in total. The predicted octanol–water partition coefficient (Wildman–Crippen LogP) is 0.368. The Morgan fingerprint density at radius 3 is 2.84 bits per heavy atom. The minimum atomic E-state index is -1.12. The molecule has 1 amide bonds. The highest BCUT2D eigenvalue weighted by molar-refractivity contribution is 5.77. The molecule has 0 unspecified atom stereocenters. The molecule has 25 heavy (non-hydrogen) atoms. The second kappa shape index (κ2) is 8.21. The fraction of sp³-hybridized carbons (Fsp3) is 0.438. The van der Waals surface area contributed by atoms with Crippen molar-refractivity contribution in [2.75, 3.05) is 19.8 Å². The number of aliphatic carboxylic acids is 1. The average Bonchev–Trinajstić information content (AvgIpc) is 2.89. The van der Waals surface area contributed by atoms with E-state index in [2.05, 4.69) is 21.5 Å². The molecule has 9 nitrogen and oxygen atoms in total. The van der Waals surface area contributed by atoms with Crippen molar-refractivity contribution < 1.29 is 19.4 Å². The number of amides is 1. The number of hydrogen-bond acceptors (Lipinski definition) is 6. The van der Waals surface area contributed by atoms with Crippen LogP contribution in [0, 0.1) is 25.2 Å². The molecule has 0 aromatic carbocycles. The van der Waals surface area contributed by atoms with Gasteiger partial charge < -0.3 is 15.2 Å². The fourth-order valence-corrected chi connectivity index (χ4v) is 2.42. The van der Waals surface area contributed by atoms with Gasteiger partial charge in [-0.05, 0) is 32.8 Å². The molecule has 0 aliphatic rings. The van der Waals surface area contributed by atoms with E-state index in [-0.39, 0.29) is 12.5 Å². The zero-order chi connectivity index (χ0) is 18.4. The van der Waals surface area contributed by atoms with E-state index in [1.165, 1.54) is 0 Å². The Labute approximate surface area is 144 Å². The zero-order valence-electron chi connectivity index (χ0n) is 14.1. The summed E-state index contributed by atoms with van der Waals surface area (Å²) in [5.41, 5.74) is 3.35. The number of carbonyl (C=O) groups is 2. The van der Waals surface area contributed by atoms with Crippen molar-refractivity contribution in [1.82, 2.24) is 19.9 Å². The zero-order valence-corrected chi connectivity index (χ0v) is 14.1. The summed E-state index contributed by atoms with van der Waals surface area (Å²) >= 11 is 0. The van der Waals surface area contributed by atoms with Crippen LogP contribution in [-0.2, 0) is 20.7 Å². The van der Waals surface area contributed by atoms with Gasteiger partial charge in [0.25, 0.3) is 0 Å². The monoisotopic (exact) mass is 345 g/mol. The number of hydrogen-bond donors (Lipinski definition) is 2. The van der Waals surface area contributed by atoms with E-state index in [0.29, 0.717) is 36.3 Å². The molecule has 0 radical (unpaired) electrons. The third-order valence-corrected chi connectivity index (χ3v) is 3.45. The van der Waals surface area contributed by atoms with Gasteiger partial charge in [0.2, 0.25) is 5.91 Å². The molecule has 2 aromatic rings. The molecule has 132 valence electrons. The first-order chi connectivity index (χ1) is 11.9. The maximum absolute atomic E-state index is 11.5. The number of aryl methyl sites for hydroxylation is 3. The van der Waals surface area contributed by atoms with Gasteiger partial charge in [0, 0.05) is 17.9 Å². The lowest BCUT2D eigenvalue weighted by molar-refractivity contribution is -0.143. The van der Waals surface area contributed by atoms with Gasteiger partial charge in [-0.2, -0.15) is 10.4 Å². The number of carbonyl (C=O) groups excluding carboxylic acids is 1. The van der Waals surface area contributed by atoms with E-state index in [9.17, 15) is 14.9 Å². The van der Waals surface area contributed by atoms with Crippen molar-refractivity contribution in [2.24, 2.45) is 0 Å². The predicted molar refractivity (Wildman–Crippen MR) is 87.0 cm³/mol. The number of nitrogens with one attached hydrogen (secondary N) is 1. The number of rotatable bonds is 8. The summed E-state index contributed by atoms with van der Waals surface area (Å²) in [5, 5.41) is 24.9. The Morgan fingerprint density at radius 2 is 2.16 bits per heavy atom. The van der Waals surface area contributed by atoms with Gasteiger partial charge in [-0.15, -0.1) is 0 Å². The first kappa shape index (κ1) is 18.4. The van der Waals surface area contributed by atoms with E-state index >= 15 is 0 Å². The molecule has 0 bridgehead atoms. The Morgan fingerprint density at radius 1 is 1.40 bits per heavy atom. The Balaban J connectivity index is 1.91. The number of carboxylic acid groups (broad SMARTS) is 1. The fourth-order valence-electron chi connectivity index (χ4n) is 2.42. The number of aromatic nitrogens is 3. The van der Waals surface area contributed by atoms with Crippen molar-refractivity contribution in [2.45, 2.75) is 26.7 Å². The number of carboxylic acids is 1. The molecule has 2 aromatic heterocycles. The summed E-state index contributed by atoms with van der Waals surface area (Å²) in [4.78, 5) is 26.1. The number of nitriles is 1. The van der Waals surface area contributed by atoms with Crippen LogP contribution in [0.4, 0.5) is 0 Å². The lowest BCUT2D eigenvalue weighted by Gasteiger charge is -2.04. The van der Waals surface area contributed by atoms with E-state index in [1.807, 2.05) is 19.9 Å². The van der Waals surface area contributed by atoms with Crippen LogP contribution in [0.25, 0.3) is 5.65 Å². The van der Waals surface area contributed by atoms with Crippen LogP contribution < -0.4 is 5.32 Å². The first-order valence-corrected chi connectivity index (χ1v) is 7.74. The van der Waals surface area contributed by atoms with E-state index in [4.69, 9.17) is 9.84 Å². The Bertz CT molecular complexity index is 837. The molecule has 9 heteroatoms. The molecule has 0 aliphatic heterocycles. The SMILES string of the molecule is Cc1cc(C)n2nc(CCCNC(=O)COCC(=O)O)c(C#N)c2n1. The molecule has 0 saturated carbocycles. The standard InChI is InChI=1S/C16H19N5O4/c1-10-6-11(2)21-16(19-10)12(7-17)13(20-21)4-3-5-18-14(22)8-25-9-15(23)24/h6H,3-5,8-9H2,1-2H3,(H,18,22)(H,23,24). The number of fused-ring (bicyclic) bond motifs is 1. The topological polar surface area (TPSA) is 130 Å². The molecule has 2 rings (SSSR count). The molecule has 0 spiro atoms. The normalized spacial score (nSPS) is 10.6. The van der Waals surface area contributed by atoms with Crippen LogP contribution in [0.3, 0.4) is 0 Å². The van der Waals surface area contributed by atoms with E-state index in [1.54, 1.807) is 4.52 Å². The third-order valence-electron chi connectivity index (χ3n) is 3.45. The lowest BCUT2D eigenvalue weighted by Crippen LogP contribution is -2.29. The second-order valence-corrected chi connectivity index (χ2v) is 5.55. The van der Waals surface area contributed by atoms with Crippen molar-refractivity contribution in [3.8, 4) is 6.07 Å². The van der Waals surface area contributed by atoms with Gasteiger partial charge in [0.15, 0.2) is 5.65 Å². The maximum atomic E-state index is 11.5.